The molecule has 0 aromatic carbocycles. The molecule has 2 atom stereocenters. The van der Waals surface area contributed by atoms with Crippen molar-refractivity contribution in [3.05, 3.63) is 0 Å². The van der Waals surface area contributed by atoms with Crippen LogP contribution in [0, 0.1) is 21.7 Å². The van der Waals surface area contributed by atoms with Crippen LogP contribution in [0.4, 0.5) is 9.59 Å². The lowest BCUT2D eigenvalue weighted by Crippen LogP contribution is -2.51. The Kier molecular flexibility index (Phi) is 25.4. The number of hydrogen-bond acceptors (Lipinski definition) is 12. The second-order valence-electron chi connectivity index (χ2n) is 15.1. The first-order valence-corrected chi connectivity index (χ1v) is 21.0. The molecule has 2 amide bonds. The van der Waals surface area contributed by atoms with Crippen LogP contribution in [-0.2, 0) is 28.4 Å². The van der Waals surface area contributed by atoms with Crippen molar-refractivity contribution in [3.63, 3.8) is 0 Å². The molecular weight excluding hydrogens is 717 g/mol. The Bertz CT molecular complexity index is 895. The van der Waals surface area contributed by atoms with Crippen LogP contribution in [-0.4, -0.2) is 114 Å². The van der Waals surface area contributed by atoms with E-state index in [0.717, 1.165) is 74.4 Å². The summed E-state index contributed by atoms with van der Waals surface area (Å²) in [4.78, 5) is 26.2. The van der Waals surface area contributed by atoms with Crippen LogP contribution in [0.25, 0.3) is 0 Å². The normalized spacial score (nSPS) is 19.3. The molecule has 10 nitrogen and oxygen atoms in total. The zero-order valence-electron chi connectivity index (χ0n) is 31.6. The molecule has 1 aliphatic carbocycles. The van der Waals surface area contributed by atoms with E-state index in [1.54, 1.807) is 0 Å². The van der Waals surface area contributed by atoms with Gasteiger partial charge in [0, 0.05) is 39.0 Å². The monoisotopic (exact) mass is 786 g/mol. The third kappa shape index (κ3) is 20.3. The van der Waals surface area contributed by atoms with Crippen LogP contribution >= 0.6 is 50.5 Å². The van der Waals surface area contributed by atoms with E-state index in [-0.39, 0.29) is 30.1 Å². The highest BCUT2D eigenvalue weighted by Crippen LogP contribution is 2.46. The van der Waals surface area contributed by atoms with Crippen molar-refractivity contribution in [3.8, 4) is 0 Å². The van der Waals surface area contributed by atoms with Crippen LogP contribution < -0.4 is 10.6 Å². The van der Waals surface area contributed by atoms with E-state index in [1.165, 1.54) is 0 Å². The molecule has 1 aliphatic rings. The van der Waals surface area contributed by atoms with Crippen molar-refractivity contribution in [1.82, 2.24) is 10.6 Å². The molecule has 50 heavy (non-hydrogen) atoms. The number of ether oxygens (including phenoxy) is 6. The summed E-state index contributed by atoms with van der Waals surface area (Å²) in [6, 6.07) is -0.111. The number of thiol groups is 4. The van der Waals surface area contributed by atoms with Crippen molar-refractivity contribution < 1.29 is 38.0 Å². The van der Waals surface area contributed by atoms with Gasteiger partial charge in [0.15, 0.2) is 0 Å². The molecule has 1 saturated carbocycles. The van der Waals surface area contributed by atoms with E-state index in [4.69, 9.17) is 28.4 Å². The van der Waals surface area contributed by atoms with Gasteiger partial charge >= 0.3 is 12.2 Å². The molecule has 296 valence electrons. The molecule has 0 spiro atoms. The minimum atomic E-state index is -0.467. The van der Waals surface area contributed by atoms with Gasteiger partial charge in [-0.25, -0.2) is 9.59 Å². The van der Waals surface area contributed by atoms with Crippen LogP contribution in [0.2, 0.25) is 0 Å². The van der Waals surface area contributed by atoms with Gasteiger partial charge < -0.3 is 39.1 Å². The van der Waals surface area contributed by atoms with Crippen molar-refractivity contribution in [2.75, 3.05) is 95.6 Å². The smallest absolute Gasteiger partial charge is 0.407 e. The van der Waals surface area contributed by atoms with E-state index in [1.807, 2.05) is 0 Å². The summed E-state index contributed by atoms with van der Waals surface area (Å²) in [6.07, 6.45) is 6.36. The molecule has 2 N–H and O–H groups in total. The first kappa shape index (κ1) is 47.8. The molecular formula is C36H70N2O8S4. The lowest BCUT2D eigenvalue weighted by atomic mass is 9.62. The maximum absolute atomic E-state index is 13.2. The Balaban J connectivity index is 2.80. The van der Waals surface area contributed by atoms with Crippen LogP contribution in [0.1, 0.15) is 92.4 Å². The first-order valence-electron chi connectivity index (χ1n) is 18.4. The highest BCUT2D eigenvalue weighted by molar-refractivity contribution is 7.80. The molecule has 0 aromatic rings. The predicted molar refractivity (Wildman–Crippen MR) is 216 cm³/mol. The zero-order valence-corrected chi connectivity index (χ0v) is 35.2. The van der Waals surface area contributed by atoms with E-state index < -0.39 is 23.0 Å². The fourth-order valence-corrected chi connectivity index (χ4v) is 7.05. The Morgan fingerprint density at radius 2 is 1.04 bits per heavy atom. The topological polar surface area (TPSA) is 114 Å². The maximum atomic E-state index is 13.2. The minimum absolute atomic E-state index is 0.0581. The van der Waals surface area contributed by atoms with Gasteiger partial charge in [-0.05, 0) is 91.6 Å². The summed E-state index contributed by atoms with van der Waals surface area (Å²) in [5, 5.41) is 6.15. The first-order chi connectivity index (χ1) is 23.9. The van der Waals surface area contributed by atoms with Gasteiger partial charge in [-0.1, -0.05) is 34.6 Å². The average molecular weight is 787 g/mol. The van der Waals surface area contributed by atoms with E-state index in [2.05, 4.69) is 95.8 Å². The van der Waals surface area contributed by atoms with E-state index >= 15 is 0 Å². The summed E-state index contributed by atoms with van der Waals surface area (Å²) in [5.74, 6) is 3.01. The SMILES string of the molecule is CCC(COCCCS)(COCCCS)COC(=O)NCC1(C)CC(NC(=O)OCC(CC)(COCCCS)COCCCS)CC(C)(C)C1. The van der Waals surface area contributed by atoms with Crippen molar-refractivity contribution in [1.29, 1.82) is 0 Å². The van der Waals surface area contributed by atoms with Gasteiger partial charge in [0.1, 0.15) is 13.2 Å². The number of hydrogen-bond donors (Lipinski definition) is 6. The zero-order chi connectivity index (χ0) is 37.4. The number of alkyl carbamates (subject to hydrolysis) is 2. The summed E-state index contributed by atoms with van der Waals surface area (Å²) < 4.78 is 35.4. The molecule has 1 fully saturated rings. The third-order valence-electron chi connectivity index (χ3n) is 9.36. The van der Waals surface area contributed by atoms with E-state index in [9.17, 15) is 9.59 Å². The molecule has 0 radical (unpaired) electrons. The number of rotatable bonds is 29. The Labute approximate surface area is 325 Å². The molecule has 14 heteroatoms. The molecule has 0 heterocycles. The van der Waals surface area contributed by atoms with Gasteiger partial charge in [0.05, 0.1) is 37.3 Å². The van der Waals surface area contributed by atoms with Crippen molar-refractivity contribution >= 4 is 62.7 Å². The lowest BCUT2D eigenvalue weighted by Gasteiger charge is -2.46. The van der Waals surface area contributed by atoms with Gasteiger partial charge in [-0.3, -0.25) is 0 Å². The number of nitrogens with one attached hydrogen (secondary N) is 2. The molecule has 0 bridgehead atoms. The van der Waals surface area contributed by atoms with Gasteiger partial charge in [0.25, 0.3) is 0 Å². The quantitative estimate of drug-likeness (QED) is 0.0350. The Morgan fingerprint density at radius 1 is 0.640 bits per heavy atom. The fourth-order valence-electron chi connectivity index (χ4n) is 6.54. The second kappa shape index (κ2) is 26.5. The van der Waals surface area contributed by atoms with Gasteiger partial charge in [0.2, 0.25) is 0 Å². The van der Waals surface area contributed by atoms with E-state index in [0.29, 0.717) is 65.8 Å². The summed E-state index contributed by atoms with van der Waals surface area (Å²) in [7, 11) is 0. The van der Waals surface area contributed by atoms with Crippen LogP contribution in [0.5, 0.6) is 0 Å². The predicted octanol–water partition coefficient (Wildman–Crippen LogP) is 7.16. The molecule has 0 aromatic heterocycles. The highest BCUT2D eigenvalue weighted by atomic mass is 32.1. The van der Waals surface area contributed by atoms with Crippen LogP contribution in [0.3, 0.4) is 0 Å². The molecule has 0 aliphatic heterocycles. The fraction of sp³-hybridized carbons (Fsp3) is 0.944. The number of amides is 2. The standard InChI is InChI=1S/C36H70N2O8S4/c1-6-35(24-41-12-8-16-47,25-42-13-9-17-48)28-45-31(39)37-23-34(5)21-30(20-33(3,4)22-34)38-32(40)46-29-36(7-2,26-43-14-10-18-49)27-44-15-11-19-50/h30,47-50H,6-29H2,1-5H3,(H,37,39)(H,38,40). The summed E-state index contributed by atoms with van der Waals surface area (Å²) in [5.41, 5.74) is -1.20. The summed E-state index contributed by atoms with van der Waals surface area (Å²) >= 11 is 17.1. The Morgan fingerprint density at radius 3 is 1.42 bits per heavy atom. The number of carbonyl (C=O) groups is 2. The van der Waals surface area contributed by atoms with Crippen molar-refractivity contribution in [2.24, 2.45) is 21.7 Å². The molecule has 2 unspecified atom stereocenters. The second-order valence-corrected chi connectivity index (χ2v) is 16.9. The lowest BCUT2D eigenvalue weighted by molar-refractivity contribution is -0.0569. The molecule has 0 saturated heterocycles. The molecule has 1 rings (SSSR count). The number of carbonyl (C=O) groups excluding carboxylic acids is 2. The average Bonchev–Trinajstić information content (AvgIpc) is 3.08. The Hall–Kier alpha value is -0.220. The largest absolute Gasteiger partial charge is 0.449 e. The highest BCUT2D eigenvalue weighted by Gasteiger charge is 2.42. The van der Waals surface area contributed by atoms with Gasteiger partial charge in [-0.15, -0.1) is 0 Å². The minimum Gasteiger partial charge on any atom is -0.449 e. The van der Waals surface area contributed by atoms with Gasteiger partial charge in [-0.2, -0.15) is 50.5 Å². The summed E-state index contributed by atoms with van der Waals surface area (Å²) in [6.45, 7) is 15.6. The third-order valence-corrected chi connectivity index (χ3v) is 10.6. The van der Waals surface area contributed by atoms with Crippen LogP contribution in [0.15, 0.2) is 0 Å². The van der Waals surface area contributed by atoms with Crippen molar-refractivity contribution in [2.45, 2.75) is 98.4 Å². The maximum Gasteiger partial charge on any atom is 0.407 e.